The van der Waals surface area contributed by atoms with Crippen molar-refractivity contribution >= 4 is 0 Å². The van der Waals surface area contributed by atoms with Gasteiger partial charge in [-0.25, -0.2) is 0 Å². The van der Waals surface area contributed by atoms with Crippen molar-refractivity contribution in [3.05, 3.63) is 12.2 Å². The predicted octanol–water partition coefficient (Wildman–Crippen LogP) is 0.448. The minimum absolute atomic E-state index is 0.331. The van der Waals surface area contributed by atoms with Crippen LogP contribution in [-0.4, -0.2) is 22.4 Å². The van der Waals surface area contributed by atoms with Crippen LogP contribution in [0, 0.1) is 0 Å². The first-order valence-corrected chi connectivity index (χ1v) is 3.33. The second-order valence-electron chi connectivity index (χ2n) is 2.45. The maximum Gasteiger partial charge on any atom is 0.0721 e. The number of hydrogen-bond donors (Lipinski definition) is 2. The average Bonchev–Trinajstić information content (AvgIpc) is 1.97. The normalized spacial score (nSPS) is 36.2. The van der Waals surface area contributed by atoms with E-state index in [4.69, 9.17) is 10.2 Å². The van der Waals surface area contributed by atoms with Crippen LogP contribution in [0.1, 0.15) is 19.3 Å². The Balaban J connectivity index is 2.43. The second kappa shape index (κ2) is 2.99. The summed E-state index contributed by atoms with van der Waals surface area (Å²) in [6, 6.07) is 0. The van der Waals surface area contributed by atoms with E-state index in [1.54, 1.807) is 12.2 Å². The van der Waals surface area contributed by atoms with Crippen molar-refractivity contribution in [2.75, 3.05) is 0 Å². The quantitative estimate of drug-likeness (QED) is 0.465. The largest absolute Gasteiger partial charge is 0.389 e. The lowest BCUT2D eigenvalue weighted by Crippen LogP contribution is -1.98. The van der Waals surface area contributed by atoms with Gasteiger partial charge in [0.15, 0.2) is 0 Å². The Hall–Kier alpha value is -0.340. The molecule has 0 bridgehead atoms. The zero-order valence-electron chi connectivity index (χ0n) is 5.33. The molecule has 0 saturated heterocycles. The molecule has 0 aliphatic heterocycles. The average molecular weight is 128 g/mol. The molecule has 2 nitrogen and oxygen atoms in total. The first kappa shape index (κ1) is 6.78. The van der Waals surface area contributed by atoms with E-state index in [0.29, 0.717) is 0 Å². The van der Waals surface area contributed by atoms with E-state index in [0.717, 1.165) is 19.3 Å². The molecule has 9 heavy (non-hydrogen) atoms. The second-order valence-corrected chi connectivity index (χ2v) is 2.45. The molecule has 0 spiro atoms. The molecule has 0 saturated carbocycles. The van der Waals surface area contributed by atoms with Gasteiger partial charge in [0.1, 0.15) is 0 Å². The van der Waals surface area contributed by atoms with Crippen molar-refractivity contribution in [3.63, 3.8) is 0 Å². The molecule has 0 radical (unpaired) electrons. The summed E-state index contributed by atoms with van der Waals surface area (Å²) in [4.78, 5) is 0. The van der Waals surface area contributed by atoms with Crippen molar-refractivity contribution in [1.82, 2.24) is 0 Å². The van der Waals surface area contributed by atoms with E-state index in [2.05, 4.69) is 0 Å². The maximum atomic E-state index is 9.01. The zero-order chi connectivity index (χ0) is 6.69. The fourth-order valence-electron chi connectivity index (χ4n) is 0.985. The van der Waals surface area contributed by atoms with Gasteiger partial charge in [-0.05, 0) is 19.3 Å². The Morgan fingerprint density at radius 3 is 1.89 bits per heavy atom. The van der Waals surface area contributed by atoms with Gasteiger partial charge in [-0.1, -0.05) is 12.2 Å². The lowest BCUT2D eigenvalue weighted by atomic mass is 10.2. The summed E-state index contributed by atoms with van der Waals surface area (Å²) in [5.74, 6) is 0. The third kappa shape index (κ3) is 2.16. The molecule has 0 aromatic heterocycles. The van der Waals surface area contributed by atoms with E-state index in [-0.39, 0.29) is 12.2 Å². The molecular formula is C7H12O2. The molecule has 52 valence electrons. The summed E-state index contributed by atoms with van der Waals surface area (Å²) in [5, 5.41) is 18.0. The van der Waals surface area contributed by atoms with Crippen molar-refractivity contribution in [1.29, 1.82) is 0 Å². The first-order valence-electron chi connectivity index (χ1n) is 3.33. The van der Waals surface area contributed by atoms with Crippen LogP contribution in [0.2, 0.25) is 0 Å². The third-order valence-electron chi connectivity index (χ3n) is 1.56. The molecule has 1 rings (SSSR count). The molecule has 2 atom stereocenters. The molecule has 0 amide bonds. The molecule has 0 aromatic carbocycles. The van der Waals surface area contributed by atoms with Crippen LogP contribution in [0.15, 0.2) is 12.2 Å². The highest BCUT2D eigenvalue weighted by atomic mass is 16.3. The maximum absolute atomic E-state index is 9.01. The van der Waals surface area contributed by atoms with Crippen LogP contribution in [0.4, 0.5) is 0 Å². The monoisotopic (exact) mass is 128 g/mol. The Morgan fingerprint density at radius 2 is 1.44 bits per heavy atom. The first-order chi connectivity index (χ1) is 4.29. The predicted molar refractivity (Wildman–Crippen MR) is 35.0 cm³/mol. The smallest absolute Gasteiger partial charge is 0.0721 e. The highest BCUT2D eigenvalue weighted by Gasteiger charge is 2.07. The van der Waals surface area contributed by atoms with Crippen LogP contribution in [0.5, 0.6) is 0 Å². The minimum Gasteiger partial charge on any atom is -0.389 e. The molecule has 0 unspecified atom stereocenters. The summed E-state index contributed by atoms with van der Waals surface area (Å²) >= 11 is 0. The number of aliphatic hydroxyl groups excluding tert-OH is 2. The van der Waals surface area contributed by atoms with E-state index >= 15 is 0 Å². The van der Waals surface area contributed by atoms with Crippen LogP contribution in [0.25, 0.3) is 0 Å². The van der Waals surface area contributed by atoms with E-state index < -0.39 is 0 Å². The van der Waals surface area contributed by atoms with Gasteiger partial charge in [-0.3, -0.25) is 0 Å². The van der Waals surface area contributed by atoms with Crippen molar-refractivity contribution < 1.29 is 10.2 Å². The summed E-state index contributed by atoms with van der Waals surface area (Å²) in [6.45, 7) is 0. The number of hydrogen-bond acceptors (Lipinski definition) is 2. The minimum atomic E-state index is -0.331. The zero-order valence-corrected chi connectivity index (χ0v) is 5.33. The van der Waals surface area contributed by atoms with Crippen molar-refractivity contribution in [3.8, 4) is 0 Å². The van der Waals surface area contributed by atoms with E-state index in [1.165, 1.54) is 0 Å². The summed E-state index contributed by atoms with van der Waals surface area (Å²) in [7, 11) is 0. The Kier molecular flexibility index (Phi) is 2.25. The molecule has 1 aliphatic carbocycles. The summed E-state index contributed by atoms with van der Waals surface area (Å²) in [6.07, 6.45) is 5.15. The molecule has 2 heteroatoms. The Labute approximate surface area is 54.8 Å². The van der Waals surface area contributed by atoms with Gasteiger partial charge in [0, 0.05) is 0 Å². The summed E-state index contributed by atoms with van der Waals surface area (Å²) in [5.41, 5.74) is 0. The van der Waals surface area contributed by atoms with Crippen LogP contribution in [0.3, 0.4) is 0 Å². The standard InChI is InChI=1S/C7H12O2/c8-6-2-1-3-7(9)5-4-6/h4-9H,1-3H2/t6-,7-/m1/s1. The van der Waals surface area contributed by atoms with Gasteiger partial charge < -0.3 is 10.2 Å². The van der Waals surface area contributed by atoms with Gasteiger partial charge in [-0.15, -0.1) is 0 Å². The fraction of sp³-hybridized carbons (Fsp3) is 0.714. The molecule has 0 fully saturated rings. The van der Waals surface area contributed by atoms with Gasteiger partial charge >= 0.3 is 0 Å². The lowest BCUT2D eigenvalue weighted by molar-refractivity contribution is 0.197. The van der Waals surface area contributed by atoms with Crippen molar-refractivity contribution in [2.45, 2.75) is 31.5 Å². The highest BCUT2D eigenvalue weighted by molar-refractivity contribution is 4.96. The highest BCUT2D eigenvalue weighted by Crippen LogP contribution is 2.10. The van der Waals surface area contributed by atoms with Crippen LogP contribution in [-0.2, 0) is 0 Å². The van der Waals surface area contributed by atoms with Gasteiger partial charge in [0.2, 0.25) is 0 Å². The molecular weight excluding hydrogens is 116 g/mol. The van der Waals surface area contributed by atoms with Crippen LogP contribution < -0.4 is 0 Å². The molecule has 0 aromatic rings. The Bertz CT molecular complexity index is 97.5. The number of rotatable bonds is 0. The fourth-order valence-corrected chi connectivity index (χ4v) is 0.985. The molecule has 1 aliphatic rings. The number of aliphatic hydroxyl groups is 2. The topological polar surface area (TPSA) is 40.5 Å². The van der Waals surface area contributed by atoms with E-state index in [9.17, 15) is 0 Å². The summed E-state index contributed by atoms with van der Waals surface area (Å²) < 4.78 is 0. The third-order valence-corrected chi connectivity index (χ3v) is 1.56. The van der Waals surface area contributed by atoms with Crippen molar-refractivity contribution in [2.24, 2.45) is 0 Å². The van der Waals surface area contributed by atoms with Gasteiger partial charge in [0.25, 0.3) is 0 Å². The Morgan fingerprint density at radius 1 is 1.00 bits per heavy atom. The van der Waals surface area contributed by atoms with Gasteiger partial charge in [0.05, 0.1) is 12.2 Å². The van der Waals surface area contributed by atoms with E-state index in [1.807, 2.05) is 0 Å². The lowest BCUT2D eigenvalue weighted by Gasteiger charge is -1.99. The molecule has 0 heterocycles. The van der Waals surface area contributed by atoms with Gasteiger partial charge in [-0.2, -0.15) is 0 Å². The SMILES string of the molecule is O[C@H]1C=C[C@H](O)CCC1. The van der Waals surface area contributed by atoms with Crippen LogP contribution >= 0.6 is 0 Å². The molecule has 2 N–H and O–H groups in total.